The van der Waals surface area contributed by atoms with Crippen LogP contribution in [-0.2, 0) is 4.79 Å². The van der Waals surface area contributed by atoms with E-state index in [1.54, 1.807) is 17.0 Å². The lowest BCUT2D eigenvalue weighted by Gasteiger charge is -2.43. The lowest BCUT2D eigenvalue weighted by atomic mass is 9.98. The Bertz CT molecular complexity index is 1170. The molecule has 0 aromatic heterocycles. The van der Waals surface area contributed by atoms with Gasteiger partial charge in [0.25, 0.3) is 0 Å². The zero-order valence-electron chi connectivity index (χ0n) is 20.3. The van der Waals surface area contributed by atoms with Crippen molar-refractivity contribution in [1.29, 1.82) is 0 Å². The number of rotatable bonds is 7. The maximum absolute atomic E-state index is 13.7. The van der Waals surface area contributed by atoms with Crippen LogP contribution in [0.15, 0.2) is 78.9 Å². The summed E-state index contributed by atoms with van der Waals surface area (Å²) in [5.74, 6) is 0.842. The van der Waals surface area contributed by atoms with Crippen LogP contribution in [-0.4, -0.2) is 52.6 Å². The van der Waals surface area contributed by atoms with Crippen molar-refractivity contribution >= 4 is 17.7 Å². The third-order valence-electron chi connectivity index (χ3n) is 6.34. The first-order valence-corrected chi connectivity index (χ1v) is 11.9. The van der Waals surface area contributed by atoms with E-state index in [1.165, 1.54) is 17.0 Å². The van der Waals surface area contributed by atoms with Gasteiger partial charge in [0, 0.05) is 25.3 Å². The number of anilines is 1. The Labute approximate surface area is 210 Å². The van der Waals surface area contributed by atoms with Crippen molar-refractivity contribution in [2.24, 2.45) is 5.92 Å². The Morgan fingerprint density at radius 3 is 2.19 bits per heavy atom. The lowest BCUT2D eigenvalue weighted by molar-refractivity contribution is -0.135. The molecule has 1 saturated heterocycles. The van der Waals surface area contributed by atoms with Gasteiger partial charge in [-0.15, -0.1) is 0 Å². The smallest absolute Gasteiger partial charge is 0.407 e. The van der Waals surface area contributed by atoms with E-state index in [-0.39, 0.29) is 36.8 Å². The van der Waals surface area contributed by atoms with Crippen LogP contribution in [0.1, 0.15) is 25.5 Å². The quantitative estimate of drug-likeness (QED) is 0.448. The Morgan fingerprint density at radius 2 is 1.58 bits per heavy atom. The van der Waals surface area contributed by atoms with Crippen LogP contribution in [0.25, 0.3) is 0 Å². The standard InChI is InChI=1S/C28H30FN3O4/c1-19(2)25-18-31(16-17-32(25)28(34)35)27(33)26(20-8-10-21(29)11-9-20)30-22-12-14-24(15-13-22)36-23-6-4-3-5-7-23/h3-15,19,25-26,30H,16-18H2,1-2H3,(H,34,35)/t25-,26?/m1/s1. The fraction of sp³-hybridized carbons (Fsp3) is 0.286. The first-order valence-electron chi connectivity index (χ1n) is 11.9. The zero-order valence-corrected chi connectivity index (χ0v) is 20.3. The number of halogens is 1. The highest BCUT2D eigenvalue weighted by molar-refractivity contribution is 5.86. The summed E-state index contributed by atoms with van der Waals surface area (Å²) in [5, 5.41) is 12.9. The highest BCUT2D eigenvalue weighted by Crippen LogP contribution is 2.28. The van der Waals surface area contributed by atoms with E-state index in [0.717, 1.165) is 5.75 Å². The first-order chi connectivity index (χ1) is 17.3. The molecule has 2 amide bonds. The van der Waals surface area contributed by atoms with Crippen LogP contribution >= 0.6 is 0 Å². The van der Waals surface area contributed by atoms with E-state index in [2.05, 4.69) is 5.32 Å². The highest BCUT2D eigenvalue weighted by Gasteiger charge is 2.36. The molecule has 0 aliphatic carbocycles. The summed E-state index contributed by atoms with van der Waals surface area (Å²) in [4.78, 5) is 28.5. The van der Waals surface area contributed by atoms with Crippen LogP contribution in [0.4, 0.5) is 14.9 Å². The van der Waals surface area contributed by atoms with Gasteiger partial charge in [-0.1, -0.05) is 44.2 Å². The van der Waals surface area contributed by atoms with E-state index in [4.69, 9.17) is 4.74 Å². The summed E-state index contributed by atoms with van der Waals surface area (Å²) < 4.78 is 19.5. The summed E-state index contributed by atoms with van der Waals surface area (Å²) in [6.45, 7) is 4.72. The Morgan fingerprint density at radius 1 is 0.944 bits per heavy atom. The van der Waals surface area contributed by atoms with Gasteiger partial charge in [0.05, 0.1) is 6.04 Å². The highest BCUT2D eigenvalue weighted by atomic mass is 19.1. The van der Waals surface area contributed by atoms with Crippen molar-refractivity contribution in [2.75, 3.05) is 25.0 Å². The molecule has 36 heavy (non-hydrogen) atoms. The molecule has 2 N–H and O–H groups in total. The molecule has 3 aromatic carbocycles. The molecule has 188 valence electrons. The summed E-state index contributed by atoms with van der Waals surface area (Å²) in [6.07, 6.45) is -0.980. The monoisotopic (exact) mass is 491 g/mol. The van der Waals surface area contributed by atoms with Gasteiger partial charge < -0.3 is 25.0 Å². The summed E-state index contributed by atoms with van der Waals surface area (Å²) in [6, 6.07) is 21.4. The van der Waals surface area contributed by atoms with E-state index < -0.39 is 12.1 Å². The van der Waals surface area contributed by atoms with E-state index in [1.807, 2.05) is 68.4 Å². The number of carbonyl (C=O) groups is 2. The molecule has 1 heterocycles. The molecule has 0 bridgehead atoms. The Kier molecular flexibility index (Phi) is 7.73. The first kappa shape index (κ1) is 25.0. The molecule has 1 unspecified atom stereocenters. The Balaban J connectivity index is 1.54. The number of benzene rings is 3. The molecule has 8 heteroatoms. The van der Waals surface area contributed by atoms with Crippen molar-refractivity contribution in [3.63, 3.8) is 0 Å². The molecular formula is C28H30FN3O4. The predicted octanol–water partition coefficient (Wildman–Crippen LogP) is 5.62. The molecule has 7 nitrogen and oxygen atoms in total. The fourth-order valence-corrected chi connectivity index (χ4v) is 4.35. The van der Waals surface area contributed by atoms with E-state index >= 15 is 0 Å². The van der Waals surface area contributed by atoms with Gasteiger partial charge in [-0.2, -0.15) is 0 Å². The van der Waals surface area contributed by atoms with Crippen LogP contribution in [0.5, 0.6) is 11.5 Å². The molecule has 1 aliphatic rings. The van der Waals surface area contributed by atoms with E-state index in [9.17, 15) is 19.1 Å². The van der Waals surface area contributed by atoms with Crippen LogP contribution in [0.3, 0.4) is 0 Å². The molecule has 4 rings (SSSR count). The summed E-state index contributed by atoms with van der Waals surface area (Å²) in [5.41, 5.74) is 1.32. The van der Waals surface area contributed by atoms with Gasteiger partial charge in [0.1, 0.15) is 23.4 Å². The van der Waals surface area contributed by atoms with Crippen LogP contribution < -0.4 is 10.1 Å². The molecule has 0 spiro atoms. The van der Waals surface area contributed by atoms with E-state index in [0.29, 0.717) is 23.5 Å². The van der Waals surface area contributed by atoms with Gasteiger partial charge in [-0.3, -0.25) is 4.79 Å². The van der Waals surface area contributed by atoms with Crippen molar-refractivity contribution in [2.45, 2.75) is 25.9 Å². The van der Waals surface area contributed by atoms with Gasteiger partial charge >= 0.3 is 6.09 Å². The number of hydrogen-bond donors (Lipinski definition) is 2. The number of nitrogens with zero attached hydrogens (tertiary/aromatic N) is 2. The van der Waals surface area contributed by atoms with Gasteiger partial charge in [-0.05, 0) is 60.0 Å². The molecule has 3 aromatic rings. The number of nitrogens with one attached hydrogen (secondary N) is 1. The normalized spacial score (nSPS) is 16.5. The average Bonchev–Trinajstić information content (AvgIpc) is 2.88. The largest absolute Gasteiger partial charge is 0.465 e. The third kappa shape index (κ3) is 5.94. The maximum Gasteiger partial charge on any atom is 0.407 e. The van der Waals surface area contributed by atoms with Gasteiger partial charge in [-0.25, -0.2) is 9.18 Å². The maximum atomic E-state index is 13.7. The molecule has 0 saturated carbocycles. The minimum absolute atomic E-state index is 0.0473. The van der Waals surface area contributed by atoms with Crippen molar-refractivity contribution in [3.8, 4) is 11.5 Å². The number of amides is 2. The number of carboxylic acid groups (broad SMARTS) is 1. The Hall–Kier alpha value is -4.07. The molecule has 1 fully saturated rings. The SMILES string of the molecule is CC(C)[C@H]1CN(C(=O)C(Nc2ccc(Oc3ccccc3)cc2)c2ccc(F)cc2)CCN1C(=O)O. The fourth-order valence-electron chi connectivity index (χ4n) is 4.35. The number of para-hydroxylation sites is 1. The van der Waals surface area contributed by atoms with Crippen LogP contribution in [0, 0.1) is 11.7 Å². The number of ether oxygens (including phenoxy) is 1. The van der Waals surface area contributed by atoms with Gasteiger partial charge in [0.15, 0.2) is 0 Å². The zero-order chi connectivity index (χ0) is 25.7. The second-order valence-electron chi connectivity index (χ2n) is 9.14. The minimum atomic E-state index is -0.980. The van der Waals surface area contributed by atoms with Crippen LogP contribution in [0.2, 0.25) is 0 Å². The minimum Gasteiger partial charge on any atom is -0.465 e. The topological polar surface area (TPSA) is 82.1 Å². The van der Waals surface area contributed by atoms with Crippen molar-refractivity contribution in [1.82, 2.24) is 9.80 Å². The molecular weight excluding hydrogens is 461 g/mol. The molecule has 1 aliphatic heterocycles. The predicted molar refractivity (Wildman–Crippen MR) is 136 cm³/mol. The lowest BCUT2D eigenvalue weighted by Crippen LogP contribution is -2.59. The number of hydrogen-bond acceptors (Lipinski definition) is 4. The number of carbonyl (C=O) groups excluding carboxylic acids is 1. The van der Waals surface area contributed by atoms with Crippen molar-refractivity contribution < 1.29 is 23.8 Å². The van der Waals surface area contributed by atoms with Crippen molar-refractivity contribution in [3.05, 3.63) is 90.2 Å². The second-order valence-corrected chi connectivity index (χ2v) is 9.14. The average molecular weight is 492 g/mol. The van der Waals surface area contributed by atoms with Gasteiger partial charge in [0.2, 0.25) is 5.91 Å². The third-order valence-corrected chi connectivity index (χ3v) is 6.34. The second kappa shape index (κ2) is 11.1. The number of piperazine rings is 1. The summed E-state index contributed by atoms with van der Waals surface area (Å²) in [7, 11) is 0. The molecule has 0 radical (unpaired) electrons. The summed E-state index contributed by atoms with van der Waals surface area (Å²) >= 11 is 0. The molecule has 2 atom stereocenters.